The van der Waals surface area contributed by atoms with Crippen LogP contribution in [0.25, 0.3) is 6.08 Å². The molecule has 1 aromatic heterocycles. The molecule has 2 aliphatic heterocycles. The van der Waals surface area contributed by atoms with Crippen LogP contribution in [0.3, 0.4) is 0 Å². The summed E-state index contributed by atoms with van der Waals surface area (Å²) in [5, 5.41) is 0. The second-order valence-corrected chi connectivity index (χ2v) is 10.8. The molecule has 0 aliphatic carbocycles. The number of likely N-dealkylation sites (tertiary alicyclic amines) is 1. The van der Waals surface area contributed by atoms with Gasteiger partial charge in [0.15, 0.2) is 0 Å². The molecule has 0 N–H and O–H groups in total. The fourth-order valence-corrected chi connectivity index (χ4v) is 3.85. The topological polar surface area (TPSA) is 90.4 Å². The highest BCUT2D eigenvalue weighted by Gasteiger charge is 2.30. The summed E-state index contributed by atoms with van der Waals surface area (Å²) in [6.07, 6.45) is 5.19. The Labute approximate surface area is 208 Å². The van der Waals surface area contributed by atoms with E-state index in [2.05, 4.69) is 4.98 Å². The Balaban J connectivity index is 1.43. The van der Waals surface area contributed by atoms with E-state index in [-0.39, 0.29) is 18.3 Å². The number of hydrogen-bond donors (Lipinski definition) is 0. The molecule has 2 aliphatic rings. The average Bonchev–Trinajstić information content (AvgIpc) is 3.22. The van der Waals surface area contributed by atoms with Crippen LogP contribution in [-0.2, 0) is 25.4 Å². The van der Waals surface area contributed by atoms with Gasteiger partial charge < -0.3 is 23.8 Å². The van der Waals surface area contributed by atoms with Crippen LogP contribution in [0.4, 0.5) is 15.4 Å². The van der Waals surface area contributed by atoms with Crippen LogP contribution >= 0.6 is 0 Å². The highest BCUT2D eigenvalue weighted by atomic mass is 16.6. The smallest absolute Gasteiger partial charge is 0.416 e. The summed E-state index contributed by atoms with van der Waals surface area (Å²) in [7, 11) is 0. The van der Waals surface area contributed by atoms with E-state index >= 15 is 0 Å². The SMILES string of the molecule is CC(C)(C)OC(=O)N1CC[C@@H](OCCO/C=C/c2ccc3c(n2)N(C(=O)OC(C)(C)C)CCC3)C1. The molecule has 1 fully saturated rings. The molecule has 1 aromatic rings. The number of carbonyl (C=O) groups is 2. The second-order valence-electron chi connectivity index (χ2n) is 10.8. The van der Waals surface area contributed by atoms with E-state index in [1.165, 1.54) is 0 Å². The molecule has 0 bridgehead atoms. The molecule has 3 heterocycles. The summed E-state index contributed by atoms with van der Waals surface area (Å²) in [5.41, 5.74) is 0.667. The summed E-state index contributed by atoms with van der Waals surface area (Å²) < 4.78 is 22.4. The van der Waals surface area contributed by atoms with Gasteiger partial charge in [0.05, 0.1) is 31.2 Å². The first-order valence-electron chi connectivity index (χ1n) is 12.3. The van der Waals surface area contributed by atoms with Crippen molar-refractivity contribution in [3.05, 3.63) is 29.7 Å². The zero-order valence-corrected chi connectivity index (χ0v) is 21.8. The normalized spacial score (nSPS) is 18.5. The quantitative estimate of drug-likeness (QED) is 0.419. The molecule has 9 nitrogen and oxygen atoms in total. The lowest BCUT2D eigenvalue weighted by Gasteiger charge is -2.30. The van der Waals surface area contributed by atoms with Crippen LogP contribution in [0.15, 0.2) is 18.4 Å². The number of aryl methyl sites for hydroxylation is 1. The van der Waals surface area contributed by atoms with E-state index in [1.54, 1.807) is 22.1 Å². The lowest BCUT2D eigenvalue weighted by molar-refractivity contribution is 0.0143. The first-order valence-corrected chi connectivity index (χ1v) is 12.3. The molecular formula is C26H39N3O6. The third-order valence-corrected chi connectivity index (χ3v) is 5.36. The Morgan fingerprint density at radius 2 is 1.74 bits per heavy atom. The Hall–Kier alpha value is -2.81. The predicted octanol–water partition coefficient (Wildman–Crippen LogP) is 4.78. The van der Waals surface area contributed by atoms with Gasteiger partial charge in [-0.3, -0.25) is 4.90 Å². The third-order valence-electron chi connectivity index (χ3n) is 5.36. The van der Waals surface area contributed by atoms with Gasteiger partial charge in [-0.15, -0.1) is 0 Å². The number of carbonyl (C=O) groups excluding carboxylic acids is 2. The molecule has 0 saturated carbocycles. The van der Waals surface area contributed by atoms with Crippen molar-refractivity contribution in [1.82, 2.24) is 9.88 Å². The lowest BCUT2D eigenvalue weighted by atomic mass is 10.1. The van der Waals surface area contributed by atoms with Crippen LogP contribution in [0, 0.1) is 0 Å². The number of amides is 2. The molecule has 9 heteroatoms. The molecule has 0 aromatic carbocycles. The van der Waals surface area contributed by atoms with E-state index in [1.807, 2.05) is 53.7 Å². The van der Waals surface area contributed by atoms with Crippen LogP contribution in [0.2, 0.25) is 0 Å². The minimum atomic E-state index is -0.561. The minimum absolute atomic E-state index is 0.0174. The van der Waals surface area contributed by atoms with Crippen molar-refractivity contribution >= 4 is 24.1 Å². The van der Waals surface area contributed by atoms with E-state index < -0.39 is 11.2 Å². The van der Waals surface area contributed by atoms with E-state index in [0.29, 0.717) is 44.4 Å². The maximum Gasteiger partial charge on any atom is 0.416 e. The molecular weight excluding hydrogens is 450 g/mol. The Bertz CT molecular complexity index is 919. The number of pyridine rings is 1. The Morgan fingerprint density at radius 3 is 2.46 bits per heavy atom. The van der Waals surface area contributed by atoms with E-state index in [0.717, 1.165) is 24.8 Å². The second kappa shape index (κ2) is 11.3. The molecule has 0 radical (unpaired) electrons. The predicted molar refractivity (Wildman–Crippen MR) is 133 cm³/mol. The molecule has 35 heavy (non-hydrogen) atoms. The monoisotopic (exact) mass is 489 g/mol. The van der Waals surface area contributed by atoms with Crippen LogP contribution in [0.5, 0.6) is 0 Å². The van der Waals surface area contributed by atoms with Crippen LogP contribution in [-0.4, -0.2) is 72.2 Å². The van der Waals surface area contributed by atoms with Crippen LogP contribution < -0.4 is 4.90 Å². The third kappa shape index (κ3) is 8.42. The van der Waals surface area contributed by atoms with Gasteiger partial charge in [0.2, 0.25) is 0 Å². The van der Waals surface area contributed by atoms with E-state index in [4.69, 9.17) is 18.9 Å². The molecule has 1 atom stereocenters. The summed E-state index contributed by atoms with van der Waals surface area (Å²) in [5.74, 6) is 0.645. The van der Waals surface area contributed by atoms with Gasteiger partial charge in [0.25, 0.3) is 0 Å². The van der Waals surface area contributed by atoms with Crippen molar-refractivity contribution in [3.8, 4) is 0 Å². The molecule has 0 unspecified atom stereocenters. The van der Waals surface area contributed by atoms with Crippen molar-refractivity contribution in [2.45, 2.75) is 78.1 Å². The molecule has 194 valence electrons. The van der Waals surface area contributed by atoms with Crippen molar-refractivity contribution < 1.29 is 28.5 Å². The average molecular weight is 490 g/mol. The van der Waals surface area contributed by atoms with Gasteiger partial charge in [0, 0.05) is 13.1 Å². The first kappa shape index (κ1) is 26.8. The minimum Gasteiger partial charge on any atom is -0.499 e. The summed E-state index contributed by atoms with van der Waals surface area (Å²) in [4.78, 5) is 32.7. The molecule has 2 amide bonds. The first-order chi connectivity index (χ1) is 16.4. The highest BCUT2D eigenvalue weighted by molar-refractivity contribution is 5.88. The number of anilines is 1. The molecule has 0 spiro atoms. The number of fused-ring (bicyclic) bond motifs is 1. The lowest BCUT2D eigenvalue weighted by Crippen LogP contribution is -2.40. The Kier molecular flexibility index (Phi) is 8.64. The van der Waals surface area contributed by atoms with Crippen molar-refractivity contribution in [2.75, 3.05) is 37.7 Å². The van der Waals surface area contributed by atoms with Gasteiger partial charge in [-0.05, 0) is 78.5 Å². The molecule has 1 saturated heterocycles. The number of hydrogen-bond acceptors (Lipinski definition) is 7. The van der Waals surface area contributed by atoms with Crippen molar-refractivity contribution in [3.63, 3.8) is 0 Å². The van der Waals surface area contributed by atoms with Crippen LogP contribution in [0.1, 0.15) is 65.6 Å². The maximum absolute atomic E-state index is 12.6. The summed E-state index contributed by atoms with van der Waals surface area (Å²) in [6.45, 7) is 13.7. The number of rotatable bonds is 6. The fourth-order valence-electron chi connectivity index (χ4n) is 3.85. The zero-order valence-electron chi connectivity index (χ0n) is 21.8. The highest BCUT2D eigenvalue weighted by Crippen LogP contribution is 2.27. The number of ether oxygens (including phenoxy) is 4. The Morgan fingerprint density at radius 1 is 1.03 bits per heavy atom. The number of aromatic nitrogens is 1. The van der Waals surface area contributed by atoms with Gasteiger partial charge in [-0.25, -0.2) is 14.6 Å². The largest absolute Gasteiger partial charge is 0.499 e. The fraction of sp³-hybridized carbons (Fsp3) is 0.654. The number of nitrogens with zero attached hydrogens (tertiary/aromatic N) is 3. The van der Waals surface area contributed by atoms with Gasteiger partial charge in [-0.1, -0.05) is 6.07 Å². The van der Waals surface area contributed by atoms with Crippen molar-refractivity contribution in [1.29, 1.82) is 0 Å². The summed E-state index contributed by atoms with van der Waals surface area (Å²) in [6, 6.07) is 3.91. The molecule has 3 rings (SSSR count). The summed E-state index contributed by atoms with van der Waals surface area (Å²) >= 11 is 0. The zero-order chi connectivity index (χ0) is 25.6. The standard InChI is InChI=1S/C26H39N3O6/c1-25(2,3)34-23(30)28-14-11-21(18-28)33-17-16-32-15-12-20-10-9-19-8-7-13-29(22(19)27-20)24(31)35-26(4,5)6/h9-10,12,15,21H,7-8,11,13-14,16-18H2,1-6H3/b15-12+/t21-/m1/s1. The van der Waals surface area contributed by atoms with E-state index in [9.17, 15) is 9.59 Å². The van der Waals surface area contributed by atoms with Gasteiger partial charge in [0.1, 0.15) is 23.6 Å². The van der Waals surface area contributed by atoms with Gasteiger partial charge >= 0.3 is 12.2 Å². The maximum atomic E-state index is 12.6. The van der Waals surface area contributed by atoms with Gasteiger partial charge in [-0.2, -0.15) is 0 Å². The van der Waals surface area contributed by atoms with Crippen molar-refractivity contribution in [2.24, 2.45) is 0 Å².